The second kappa shape index (κ2) is 6.10. The molecule has 86 valence electrons. The van der Waals surface area contributed by atoms with Crippen LogP contribution in [0.2, 0.25) is 0 Å². The molecule has 5 heteroatoms. The van der Waals surface area contributed by atoms with Crippen LogP contribution in [0.25, 0.3) is 0 Å². The van der Waals surface area contributed by atoms with E-state index in [2.05, 4.69) is 4.98 Å². The first-order valence-corrected chi connectivity index (χ1v) is 5.90. The lowest BCUT2D eigenvalue weighted by molar-refractivity contribution is -0.135. The average molecular weight is 237 g/mol. The minimum atomic E-state index is -3.99. The van der Waals surface area contributed by atoms with Crippen molar-refractivity contribution in [2.75, 3.05) is 0 Å². The number of unbranched alkanes of at least 4 members (excludes halogenated alkanes) is 3. The zero-order chi connectivity index (χ0) is 11.1. The Balaban J connectivity index is 1.94. The lowest BCUT2D eigenvalue weighted by atomic mass is 10.1. The van der Waals surface area contributed by atoms with Crippen molar-refractivity contribution in [1.29, 1.82) is 0 Å². The number of hydrogen-bond acceptors (Lipinski definition) is 2. The minimum absolute atomic E-state index is 0.256. The van der Waals surface area contributed by atoms with E-state index in [0.717, 1.165) is 19.3 Å². The first-order valence-electron chi connectivity index (χ1n) is 5.02. The van der Waals surface area contributed by atoms with E-state index < -0.39 is 12.6 Å². The number of aryl methyl sites for hydroxylation is 1. The van der Waals surface area contributed by atoms with E-state index in [1.54, 1.807) is 16.8 Å². The molecule has 0 aliphatic rings. The molecular formula is C10H14F3NS. The van der Waals surface area contributed by atoms with Crippen LogP contribution in [-0.4, -0.2) is 11.2 Å². The van der Waals surface area contributed by atoms with Gasteiger partial charge < -0.3 is 0 Å². The van der Waals surface area contributed by atoms with Gasteiger partial charge in [0.2, 0.25) is 0 Å². The van der Waals surface area contributed by atoms with E-state index >= 15 is 0 Å². The molecule has 0 atom stereocenters. The maximum Gasteiger partial charge on any atom is 0.389 e. The third kappa shape index (κ3) is 6.49. The van der Waals surface area contributed by atoms with E-state index in [0.29, 0.717) is 6.42 Å². The van der Waals surface area contributed by atoms with Gasteiger partial charge in [0.05, 0.1) is 5.51 Å². The van der Waals surface area contributed by atoms with Crippen molar-refractivity contribution in [3.05, 3.63) is 16.6 Å². The van der Waals surface area contributed by atoms with Crippen molar-refractivity contribution < 1.29 is 13.2 Å². The molecule has 0 amide bonds. The topological polar surface area (TPSA) is 12.9 Å². The van der Waals surface area contributed by atoms with Crippen molar-refractivity contribution in [1.82, 2.24) is 4.98 Å². The normalized spacial score (nSPS) is 11.9. The summed E-state index contributed by atoms with van der Waals surface area (Å²) in [5, 5.41) is 0. The summed E-state index contributed by atoms with van der Waals surface area (Å²) in [5.41, 5.74) is 1.78. The minimum Gasteiger partial charge on any atom is -0.253 e. The molecule has 0 aliphatic carbocycles. The van der Waals surface area contributed by atoms with Gasteiger partial charge in [0.1, 0.15) is 0 Å². The number of hydrogen-bond donors (Lipinski definition) is 0. The molecule has 15 heavy (non-hydrogen) atoms. The van der Waals surface area contributed by atoms with Gasteiger partial charge in [-0.2, -0.15) is 13.2 Å². The summed E-state index contributed by atoms with van der Waals surface area (Å²) >= 11 is 1.60. The Morgan fingerprint density at radius 1 is 1.13 bits per heavy atom. The van der Waals surface area contributed by atoms with Gasteiger partial charge in [-0.15, -0.1) is 11.3 Å². The summed E-state index contributed by atoms with van der Waals surface area (Å²) in [5.74, 6) is 0. The molecule has 0 N–H and O–H groups in total. The van der Waals surface area contributed by atoms with Gasteiger partial charge in [0.25, 0.3) is 0 Å². The number of thiazole rings is 1. The van der Waals surface area contributed by atoms with Crippen molar-refractivity contribution in [3.8, 4) is 0 Å². The predicted octanol–water partition coefficient (Wildman–Crippen LogP) is 4.20. The van der Waals surface area contributed by atoms with Gasteiger partial charge in [-0.3, -0.25) is 4.98 Å². The molecule has 1 rings (SSSR count). The lowest BCUT2D eigenvalue weighted by Gasteiger charge is -2.04. The molecule has 0 saturated heterocycles. The van der Waals surface area contributed by atoms with Gasteiger partial charge >= 0.3 is 6.18 Å². The molecular weight excluding hydrogens is 223 g/mol. The van der Waals surface area contributed by atoms with Gasteiger partial charge in [-0.1, -0.05) is 12.8 Å². The first kappa shape index (κ1) is 12.5. The molecule has 0 aliphatic heterocycles. The Labute approximate surface area is 91.3 Å². The third-order valence-corrected chi connectivity index (χ3v) is 2.96. The van der Waals surface area contributed by atoms with Crippen LogP contribution in [0.4, 0.5) is 13.2 Å². The van der Waals surface area contributed by atoms with Crippen LogP contribution in [0.5, 0.6) is 0 Å². The number of halogens is 3. The molecule has 0 fully saturated rings. The smallest absolute Gasteiger partial charge is 0.253 e. The molecule has 0 radical (unpaired) electrons. The summed E-state index contributed by atoms with van der Waals surface area (Å²) < 4.78 is 35.3. The highest BCUT2D eigenvalue weighted by atomic mass is 32.1. The molecule has 1 aromatic rings. The number of rotatable bonds is 6. The zero-order valence-corrected chi connectivity index (χ0v) is 9.20. The summed E-state index contributed by atoms with van der Waals surface area (Å²) in [4.78, 5) is 5.15. The van der Waals surface area contributed by atoms with E-state index in [9.17, 15) is 13.2 Å². The van der Waals surface area contributed by atoms with Gasteiger partial charge in [0.15, 0.2) is 0 Å². The molecule has 0 spiro atoms. The van der Waals surface area contributed by atoms with Crippen LogP contribution in [-0.2, 0) is 6.42 Å². The highest BCUT2D eigenvalue weighted by Gasteiger charge is 2.25. The largest absolute Gasteiger partial charge is 0.389 e. The molecule has 0 bridgehead atoms. The first-order chi connectivity index (χ1) is 7.08. The fraction of sp³-hybridized carbons (Fsp3) is 0.700. The lowest BCUT2D eigenvalue weighted by Crippen LogP contribution is -2.06. The second-order valence-electron chi connectivity index (χ2n) is 3.50. The van der Waals surface area contributed by atoms with Crippen LogP contribution in [0, 0.1) is 0 Å². The van der Waals surface area contributed by atoms with Crippen LogP contribution in [0.15, 0.2) is 11.7 Å². The Bertz CT molecular complexity index is 256. The average Bonchev–Trinajstić information content (AvgIpc) is 2.61. The SMILES string of the molecule is FC(F)(F)CCCCCCc1cncs1. The van der Waals surface area contributed by atoms with Gasteiger partial charge in [0, 0.05) is 17.5 Å². The summed E-state index contributed by atoms with van der Waals surface area (Å²) in [7, 11) is 0. The fourth-order valence-corrected chi connectivity index (χ4v) is 1.98. The van der Waals surface area contributed by atoms with Crippen LogP contribution in [0.1, 0.15) is 37.0 Å². The van der Waals surface area contributed by atoms with Crippen molar-refractivity contribution >= 4 is 11.3 Å². The predicted molar refractivity (Wildman–Crippen MR) is 55.0 cm³/mol. The Kier molecular flexibility index (Phi) is 5.08. The monoisotopic (exact) mass is 237 g/mol. The Morgan fingerprint density at radius 2 is 1.87 bits per heavy atom. The molecule has 1 aromatic heterocycles. The maximum atomic E-state index is 11.8. The van der Waals surface area contributed by atoms with Gasteiger partial charge in [-0.25, -0.2) is 0 Å². The third-order valence-electron chi connectivity index (χ3n) is 2.12. The molecule has 1 nitrogen and oxygen atoms in total. The highest BCUT2D eigenvalue weighted by molar-refractivity contribution is 7.09. The molecule has 0 unspecified atom stereocenters. The number of alkyl halides is 3. The summed E-state index contributed by atoms with van der Waals surface area (Å²) in [6, 6.07) is 0. The Hall–Kier alpha value is -0.580. The van der Waals surface area contributed by atoms with Gasteiger partial charge in [-0.05, 0) is 19.3 Å². The van der Waals surface area contributed by atoms with Crippen LogP contribution < -0.4 is 0 Å². The summed E-state index contributed by atoms with van der Waals surface area (Å²) in [6.45, 7) is 0. The second-order valence-corrected chi connectivity index (χ2v) is 4.47. The van der Waals surface area contributed by atoms with E-state index in [-0.39, 0.29) is 6.42 Å². The maximum absolute atomic E-state index is 11.8. The van der Waals surface area contributed by atoms with Crippen LogP contribution >= 0.6 is 11.3 Å². The Morgan fingerprint density at radius 3 is 2.47 bits per heavy atom. The number of nitrogens with zero attached hydrogens (tertiary/aromatic N) is 1. The zero-order valence-electron chi connectivity index (χ0n) is 8.39. The van der Waals surface area contributed by atoms with E-state index in [4.69, 9.17) is 0 Å². The van der Waals surface area contributed by atoms with Crippen molar-refractivity contribution in [2.45, 2.75) is 44.7 Å². The molecule has 0 aromatic carbocycles. The molecule has 1 heterocycles. The fourth-order valence-electron chi connectivity index (χ4n) is 1.34. The highest BCUT2D eigenvalue weighted by Crippen LogP contribution is 2.23. The summed E-state index contributed by atoms with van der Waals surface area (Å²) in [6.07, 6.45) is 0.876. The standard InChI is InChI=1S/C10H14F3NS/c11-10(12,13)6-4-2-1-3-5-9-7-14-8-15-9/h7-8H,1-6H2. The molecule has 0 saturated carbocycles. The van der Waals surface area contributed by atoms with Crippen molar-refractivity contribution in [2.24, 2.45) is 0 Å². The van der Waals surface area contributed by atoms with E-state index in [1.807, 2.05) is 6.20 Å². The number of aromatic nitrogens is 1. The van der Waals surface area contributed by atoms with Crippen LogP contribution in [0.3, 0.4) is 0 Å². The van der Waals surface area contributed by atoms with Crippen molar-refractivity contribution in [3.63, 3.8) is 0 Å². The quantitative estimate of drug-likeness (QED) is 0.676. The van der Waals surface area contributed by atoms with E-state index in [1.165, 1.54) is 4.88 Å².